The van der Waals surface area contributed by atoms with Crippen molar-refractivity contribution in [3.63, 3.8) is 0 Å². The minimum atomic E-state index is -0.0980. The van der Waals surface area contributed by atoms with Gasteiger partial charge in [0, 0.05) is 17.8 Å². The summed E-state index contributed by atoms with van der Waals surface area (Å²) in [4.78, 5) is 23.8. The Balaban J connectivity index is 1.86. The molecule has 5 nitrogen and oxygen atoms in total. The monoisotopic (exact) mass is 303 g/mol. The van der Waals surface area contributed by atoms with Crippen molar-refractivity contribution in [3.8, 4) is 0 Å². The number of rotatable bonds is 5. The number of benzene rings is 1. The molecule has 1 heterocycles. The summed E-state index contributed by atoms with van der Waals surface area (Å²) in [6.07, 6.45) is 3.61. The van der Waals surface area contributed by atoms with E-state index in [1.165, 1.54) is 0 Å². The minimum absolute atomic E-state index is 0.0105. The normalized spacial score (nSPS) is 18.0. The van der Waals surface area contributed by atoms with Gasteiger partial charge in [0.2, 0.25) is 11.8 Å². The maximum Gasteiger partial charge on any atom is 0.241 e. The molecule has 1 aliphatic rings. The summed E-state index contributed by atoms with van der Waals surface area (Å²) in [5, 5.41) is 8.99. The molecule has 0 saturated carbocycles. The maximum atomic E-state index is 12.1. The van der Waals surface area contributed by atoms with E-state index in [1.54, 1.807) is 0 Å². The van der Waals surface area contributed by atoms with E-state index in [0.717, 1.165) is 37.2 Å². The molecular weight excluding hydrogens is 278 g/mol. The van der Waals surface area contributed by atoms with E-state index in [0.29, 0.717) is 12.3 Å². The quantitative estimate of drug-likeness (QED) is 0.783. The topological polar surface area (TPSA) is 70.2 Å². The Kier molecular flexibility index (Phi) is 5.95. The van der Waals surface area contributed by atoms with Gasteiger partial charge in [-0.05, 0) is 49.6 Å². The first-order chi connectivity index (χ1) is 10.5. The first-order valence-electron chi connectivity index (χ1n) is 7.99. The molecule has 1 aromatic rings. The number of hydrogen-bond acceptors (Lipinski definition) is 3. The van der Waals surface area contributed by atoms with Gasteiger partial charge in [-0.25, -0.2) is 0 Å². The molecular formula is C17H25N3O2. The fourth-order valence-electron chi connectivity index (χ4n) is 2.52. The molecule has 1 fully saturated rings. The van der Waals surface area contributed by atoms with Crippen LogP contribution in [0.15, 0.2) is 24.3 Å². The van der Waals surface area contributed by atoms with E-state index in [4.69, 9.17) is 0 Å². The van der Waals surface area contributed by atoms with Gasteiger partial charge in [-0.15, -0.1) is 0 Å². The molecule has 1 unspecified atom stereocenters. The summed E-state index contributed by atoms with van der Waals surface area (Å²) in [6.45, 7) is 4.92. The zero-order valence-corrected chi connectivity index (χ0v) is 13.3. The third kappa shape index (κ3) is 5.15. The van der Waals surface area contributed by atoms with Gasteiger partial charge in [0.25, 0.3) is 0 Å². The Hall–Kier alpha value is -1.88. The molecule has 0 aliphatic carbocycles. The third-order valence-electron chi connectivity index (χ3n) is 3.66. The fraction of sp³-hybridized carbons (Fsp3) is 0.529. The van der Waals surface area contributed by atoms with Crippen molar-refractivity contribution in [1.29, 1.82) is 0 Å². The molecule has 3 N–H and O–H groups in total. The molecule has 0 bridgehead atoms. The Bertz CT molecular complexity index is 505. The summed E-state index contributed by atoms with van der Waals surface area (Å²) >= 11 is 0. The lowest BCUT2D eigenvalue weighted by atomic mass is 10.0. The summed E-state index contributed by atoms with van der Waals surface area (Å²) in [6, 6.07) is 7.14. The molecule has 2 amide bonds. The van der Waals surface area contributed by atoms with Crippen LogP contribution in [0.2, 0.25) is 0 Å². The molecule has 1 saturated heterocycles. The number of hydrogen-bond donors (Lipinski definition) is 3. The Morgan fingerprint density at radius 1 is 1.14 bits per heavy atom. The number of carbonyl (C=O) groups excluding carboxylic acids is 2. The highest BCUT2D eigenvalue weighted by Gasteiger charge is 2.20. The number of carbonyl (C=O) groups is 2. The predicted molar refractivity (Wildman–Crippen MR) is 88.8 cm³/mol. The van der Waals surface area contributed by atoms with Gasteiger partial charge in [0.15, 0.2) is 0 Å². The van der Waals surface area contributed by atoms with Crippen LogP contribution in [-0.2, 0) is 9.59 Å². The Morgan fingerprint density at radius 3 is 2.32 bits per heavy atom. The van der Waals surface area contributed by atoms with Crippen LogP contribution in [0.25, 0.3) is 0 Å². The van der Waals surface area contributed by atoms with Crippen LogP contribution in [-0.4, -0.2) is 24.4 Å². The first-order valence-corrected chi connectivity index (χ1v) is 7.99. The Labute approximate surface area is 131 Å². The second kappa shape index (κ2) is 7.94. The number of nitrogens with one attached hydrogen (secondary N) is 3. The van der Waals surface area contributed by atoms with Crippen molar-refractivity contribution in [2.75, 3.05) is 17.2 Å². The van der Waals surface area contributed by atoms with E-state index in [9.17, 15) is 9.59 Å². The molecule has 5 heteroatoms. The molecule has 0 radical (unpaired) electrons. The maximum absolute atomic E-state index is 12.1. The predicted octanol–water partition coefficient (Wildman–Crippen LogP) is 2.75. The van der Waals surface area contributed by atoms with Gasteiger partial charge in [-0.1, -0.05) is 20.3 Å². The van der Waals surface area contributed by atoms with Crippen LogP contribution >= 0.6 is 0 Å². The van der Waals surface area contributed by atoms with E-state index in [1.807, 2.05) is 38.1 Å². The Morgan fingerprint density at radius 2 is 1.77 bits per heavy atom. The van der Waals surface area contributed by atoms with Gasteiger partial charge in [-0.3, -0.25) is 9.59 Å². The zero-order valence-electron chi connectivity index (χ0n) is 13.3. The summed E-state index contributed by atoms with van der Waals surface area (Å²) < 4.78 is 0. The van der Waals surface area contributed by atoms with Crippen LogP contribution in [0.1, 0.15) is 39.5 Å². The van der Waals surface area contributed by atoms with Gasteiger partial charge in [-0.2, -0.15) is 0 Å². The van der Waals surface area contributed by atoms with Crippen LogP contribution in [0.3, 0.4) is 0 Å². The van der Waals surface area contributed by atoms with E-state index in [-0.39, 0.29) is 17.9 Å². The second-order valence-electron chi connectivity index (χ2n) is 6.22. The number of anilines is 2. The smallest absolute Gasteiger partial charge is 0.241 e. The molecule has 1 aromatic carbocycles. The molecule has 1 aliphatic heterocycles. The summed E-state index contributed by atoms with van der Waals surface area (Å²) in [5.41, 5.74) is 1.50. The average Bonchev–Trinajstić information content (AvgIpc) is 2.49. The minimum Gasteiger partial charge on any atom is -0.326 e. The lowest BCUT2D eigenvalue weighted by molar-refractivity contribution is -0.119. The lowest BCUT2D eigenvalue weighted by Gasteiger charge is -2.22. The number of piperidine rings is 1. The standard InChI is InChI=1S/C17H25N3O2/c1-12(2)11-16(21)19-13-6-8-14(9-7-13)20-17(22)15-5-3-4-10-18-15/h6-9,12,15,18H,3-5,10-11H2,1-2H3,(H,19,21)(H,20,22). The van der Waals surface area contributed by atoms with E-state index < -0.39 is 0 Å². The molecule has 1 atom stereocenters. The highest BCUT2D eigenvalue weighted by atomic mass is 16.2. The largest absolute Gasteiger partial charge is 0.326 e. The van der Waals surface area contributed by atoms with Crippen molar-refractivity contribution in [1.82, 2.24) is 5.32 Å². The molecule has 0 aromatic heterocycles. The average molecular weight is 303 g/mol. The van der Waals surface area contributed by atoms with Gasteiger partial charge >= 0.3 is 0 Å². The summed E-state index contributed by atoms with van der Waals surface area (Å²) in [5.74, 6) is 0.357. The van der Waals surface area contributed by atoms with Gasteiger partial charge in [0.05, 0.1) is 6.04 Å². The van der Waals surface area contributed by atoms with Gasteiger partial charge in [0.1, 0.15) is 0 Å². The van der Waals surface area contributed by atoms with Crippen molar-refractivity contribution < 1.29 is 9.59 Å². The second-order valence-corrected chi connectivity index (χ2v) is 6.22. The van der Waals surface area contributed by atoms with Crippen molar-refractivity contribution in [2.24, 2.45) is 5.92 Å². The van der Waals surface area contributed by atoms with Crippen molar-refractivity contribution >= 4 is 23.2 Å². The third-order valence-corrected chi connectivity index (χ3v) is 3.66. The molecule has 22 heavy (non-hydrogen) atoms. The first kappa shape index (κ1) is 16.5. The van der Waals surface area contributed by atoms with Crippen LogP contribution in [0.5, 0.6) is 0 Å². The van der Waals surface area contributed by atoms with Crippen LogP contribution in [0, 0.1) is 5.92 Å². The lowest BCUT2D eigenvalue weighted by Crippen LogP contribution is -2.43. The highest BCUT2D eigenvalue weighted by Crippen LogP contribution is 2.16. The summed E-state index contributed by atoms with van der Waals surface area (Å²) in [7, 11) is 0. The molecule has 0 spiro atoms. The van der Waals surface area contributed by atoms with Gasteiger partial charge < -0.3 is 16.0 Å². The zero-order chi connectivity index (χ0) is 15.9. The molecule has 120 valence electrons. The fourth-order valence-corrected chi connectivity index (χ4v) is 2.52. The number of amides is 2. The van der Waals surface area contributed by atoms with Crippen LogP contribution < -0.4 is 16.0 Å². The molecule has 2 rings (SSSR count). The van der Waals surface area contributed by atoms with Crippen molar-refractivity contribution in [2.45, 2.75) is 45.6 Å². The van der Waals surface area contributed by atoms with Crippen LogP contribution in [0.4, 0.5) is 11.4 Å². The van der Waals surface area contributed by atoms with E-state index >= 15 is 0 Å². The van der Waals surface area contributed by atoms with E-state index in [2.05, 4.69) is 16.0 Å². The highest BCUT2D eigenvalue weighted by molar-refractivity contribution is 5.95. The van der Waals surface area contributed by atoms with Crippen molar-refractivity contribution in [3.05, 3.63) is 24.3 Å². The SMILES string of the molecule is CC(C)CC(=O)Nc1ccc(NC(=O)C2CCCCN2)cc1.